The smallest absolute Gasteiger partial charge is 0.325 e. The minimum absolute atomic E-state index is 0.208. The molecular weight excluding hydrogens is 378 g/mol. The molecule has 13 heteroatoms. The Balaban J connectivity index is 1.46. The lowest BCUT2D eigenvalue weighted by Gasteiger charge is -2.16. The van der Waals surface area contributed by atoms with Gasteiger partial charge in [0, 0.05) is 11.5 Å². The van der Waals surface area contributed by atoms with Gasteiger partial charge in [-0.1, -0.05) is 0 Å². The Morgan fingerprint density at radius 2 is 2.07 bits per heavy atom. The molecule has 4 atom stereocenters. The zero-order valence-electron chi connectivity index (χ0n) is 13.8. The van der Waals surface area contributed by atoms with Crippen LogP contribution < -0.4 is 11.4 Å². The number of anilines is 1. The number of ether oxygens (including phenoxy) is 1. The number of nitrogens with one attached hydrogen (secondary N) is 2. The zero-order chi connectivity index (χ0) is 19.1. The molecule has 0 aliphatic carbocycles. The maximum Gasteiger partial charge on any atom is 0.325 e. The van der Waals surface area contributed by atoms with Gasteiger partial charge < -0.3 is 30.8 Å². The van der Waals surface area contributed by atoms with Gasteiger partial charge in [0.05, 0.1) is 18.1 Å². The second-order valence-electron chi connectivity index (χ2n) is 6.05. The van der Waals surface area contributed by atoms with Crippen molar-refractivity contribution >= 4 is 28.7 Å². The number of aliphatic hydroxyl groups excluding tert-OH is 2. The first kappa shape index (κ1) is 17.8. The van der Waals surface area contributed by atoms with Crippen LogP contribution in [0.15, 0.2) is 17.4 Å². The Hall–Kier alpha value is -2.61. The Bertz CT molecular complexity index is 1020. The van der Waals surface area contributed by atoms with Crippen LogP contribution >= 0.6 is 11.8 Å². The molecule has 12 nitrogen and oxygen atoms in total. The number of aromatic hydroxyl groups is 1. The maximum atomic E-state index is 11.1. The van der Waals surface area contributed by atoms with E-state index in [9.17, 15) is 20.1 Å². The highest BCUT2D eigenvalue weighted by Crippen LogP contribution is 2.33. The third kappa shape index (κ3) is 3.14. The van der Waals surface area contributed by atoms with Crippen LogP contribution in [0.4, 0.5) is 5.82 Å². The Morgan fingerprint density at radius 1 is 1.26 bits per heavy atom. The molecule has 144 valence electrons. The number of nitrogen functional groups attached to an aromatic ring is 1. The number of rotatable bonds is 5. The van der Waals surface area contributed by atoms with Crippen molar-refractivity contribution in [2.75, 3.05) is 11.5 Å². The SMILES string of the molecule is Nc1ncnc2c1ncn2[C@@H]1O[C@H](CSCc2[nH]c(=O)[nH]c2O)[C@@H](O)[C@H]1O. The number of thioether (sulfide) groups is 1. The van der Waals surface area contributed by atoms with Crippen molar-refractivity contribution in [3.63, 3.8) is 0 Å². The van der Waals surface area contributed by atoms with Crippen molar-refractivity contribution < 1.29 is 20.1 Å². The zero-order valence-corrected chi connectivity index (χ0v) is 14.6. The van der Waals surface area contributed by atoms with E-state index in [-0.39, 0.29) is 11.7 Å². The number of nitrogens with two attached hydrogens (primary N) is 1. The third-order valence-electron chi connectivity index (χ3n) is 4.31. The van der Waals surface area contributed by atoms with Crippen LogP contribution in [0.25, 0.3) is 11.2 Å². The number of hydrogen-bond acceptors (Lipinski definition) is 10. The number of aromatic nitrogens is 6. The summed E-state index contributed by atoms with van der Waals surface area (Å²) in [5.74, 6) is 0.612. The van der Waals surface area contributed by atoms with E-state index in [1.54, 1.807) is 0 Å². The normalized spacial score (nSPS) is 25.4. The van der Waals surface area contributed by atoms with Crippen LogP contribution in [0.3, 0.4) is 0 Å². The molecule has 27 heavy (non-hydrogen) atoms. The number of aliphatic hydroxyl groups is 2. The lowest BCUT2D eigenvalue weighted by atomic mass is 10.1. The molecule has 1 aliphatic heterocycles. The van der Waals surface area contributed by atoms with E-state index in [0.29, 0.717) is 28.4 Å². The molecule has 7 N–H and O–H groups in total. The highest BCUT2D eigenvalue weighted by molar-refractivity contribution is 7.98. The molecule has 0 radical (unpaired) electrons. The molecule has 0 saturated carbocycles. The van der Waals surface area contributed by atoms with Gasteiger partial charge in [-0.2, -0.15) is 11.8 Å². The standard InChI is InChI=1S/C14H17N7O5S/c15-10-7-11(17-3-16-10)21(4-18-7)13-9(23)8(22)6(26-13)2-27-1-5-12(24)20-14(25)19-5/h3-4,6,8-9,13,22-24H,1-2H2,(H2,15,16,17)(H2,19,20,25)/t6-,8-,9-,13-/m1/s1. The molecular formula is C14H17N7O5S. The van der Waals surface area contributed by atoms with Gasteiger partial charge in [0.2, 0.25) is 5.88 Å². The summed E-state index contributed by atoms with van der Waals surface area (Å²) in [6.07, 6.45) is -1.16. The van der Waals surface area contributed by atoms with Crippen molar-refractivity contribution in [1.29, 1.82) is 0 Å². The molecule has 0 aromatic carbocycles. The minimum Gasteiger partial charge on any atom is -0.493 e. The second-order valence-corrected chi connectivity index (χ2v) is 7.08. The molecule has 1 saturated heterocycles. The molecule has 1 aliphatic rings. The van der Waals surface area contributed by atoms with Gasteiger partial charge in [0.15, 0.2) is 17.7 Å². The fourth-order valence-electron chi connectivity index (χ4n) is 2.94. The van der Waals surface area contributed by atoms with Crippen LogP contribution in [0.1, 0.15) is 11.9 Å². The molecule has 3 aromatic heterocycles. The summed E-state index contributed by atoms with van der Waals surface area (Å²) in [4.78, 5) is 27.9. The van der Waals surface area contributed by atoms with Crippen LogP contribution in [-0.4, -0.2) is 68.9 Å². The predicted octanol–water partition coefficient (Wildman–Crippen LogP) is -1.32. The largest absolute Gasteiger partial charge is 0.493 e. The van der Waals surface area contributed by atoms with E-state index in [1.165, 1.54) is 29.0 Å². The molecule has 0 spiro atoms. The summed E-state index contributed by atoms with van der Waals surface area (Å²) in [5, 5.41) is 30.3. The summed E-state index contributed by atoms with van der Waals surface area (Å²) >= 11 is 1.33. The van der Waals surface area contributed by atoms with Crippen molar-refractivity contribution in [3.8, 4) is 5.88 Å². The lowest BCUT2D eigenvalue weighted by molar-refractivity contribution is -0.0289. The number of aromatic amines is 2. The fourth-order valence-corrected chi connectivity index (χ4v) is 3.98. The van der Waals surface area contributed by atoms with Gasteiger partial charge in [-0.05, 0) is 0 Å². The second kappa shape index (κ2) is 6.84. The first-order chi connectivity index (χ1) is 13.0. The molecule has 0 unspecified atom stereocenters. The van der Waals surface area contributed by atoms with Gasteiger partial charge in [0.1, 0.15) is 24.1 Å². The van der Waals surface area contributed by atoms with Crippen LogP contribution in [0.2, 0.25) is 0 Å². The lowest BCUT2D eigenvalue weighted by Crippen LogP contribution is -2.32. The van der Waals surface area contributed by atoms with Gasteiger partial charge in [-0.25, -0.2) is 19.7 Å². The summed E-state index contributed by atoms with van der Waals surface area (Å²) in [5.41, 5.74) is 6.39. The average molecular weight is 395 g/mol. The molecule has 4 heterocycles. The molecule has 4 rings (SSSR count). The molecule has 0 bridgehead atoms. The van der Waals surface area contributed by atoms with E-state index in [2.05, 4.69) is 24.9 Å². The van der Waals surface area contributed by atoms with Gasteiger partial charge in [-0.3, -0.25) is 9.55 Å². The summed E-state index contributed by atoms with van der Waals surface area (Å²) in [7, 11) is 0. The first-order valence-corrected chi connectivity index (χ1v) is 9.13. The summed E-state index contributed by atoms with van der Waals surface area (Å²) in [6, 6.07) is 0. The maximum absolute atomic E-state index is 11.1. The van der Waals surface area contributed by atoms with E-state index < -0.39 is 30.2 Å². The quantitative estimate of drug-likeness (QED) is 0.302. The van der Waals surface area contributed by atoms with E-state index in [4.69, 9.17) is 10.5 Å². The Morgan fingerprint density at radius 3 is 2.81 bits per heavy atom. The topological polar surface area (TPSA) is 188 Å². The van der Waals surface area contributed by atoms with Crippen molar-refractivity contribution in [1.82, 2.24) is 29.5 Å². The Kier molecular flexibility index (Phi) is 4.51. The van der Waals surface area contributed by atoms with Crippen LogP contribution in [-0.2, 0) is 10.5 Å². The third-order valence-corrected chi connectivity index (χ3v) is 5.37. The molecule has 3 aromatic rings. The number of hydrogen-bond donors (Lipinski definition) is 6. The molecule has 0 amide bonds. The van der Waals surface area contributed by atoms with E-state index in [0.717, 1.165) is 0 Å². The fraction of sp³-hybridized carbons (Fsp3) is 0.429. The van der Waals surface area contributed by atoms with Crippen molar-refractivity contribution in [2.45, 2.75) is 30.3 Å². The molecule has 1 fully saturated rings. The Labute approximate surface area is 155 Å². The number of imidazole rings is 2. The van der Waals surface area contributed by atoms with Crippen molar-refractivity contribution in [2.24, 2.45) is 0 Å². The number of fused-ring (bicyclic) bond motifs is 1. The van der Waals surface area contributed by atoms with Crippen molar-refractivity contribution in [3.05, 3.63) is 28.8 Å². The van der Waals surface area contributed by atoms with Gasteiger partial charge in [0.25, 0.3) is 0 Å². The number of nitrogens with zero attached hydrogens (tertiary/aromatic N) is 4. The van der Waals surface area contributed by atoms with Crippen LogP contribution in [0, 0.1) is 0 Å². The number of H-pyrrole nitrogens is 2. The highest BCUT2D eigenvalue weighted by Gasteiger charge is 2.44. The average Bonchev–Trinajstić information content (AvgIpc) is 3.27. The monoisotopic (exact) mass is 395 g/mol. The minimum atomic E-state index is -1.19. The van der Waals surface area contributed by atoms with Crippen LogP contribution in [0.5, 0.6) is 5.88 Å². The van der Waals surface area contributed by atoms with Gasteiger partial charge in [-0.15, -0.1) is 0 Å². The van der Waals surface area contributed by atoms with Gasteiger partial charge >= 0.3 is 5.69 Å². The van der Waals surface area contributed by atoms with E-state index in [1.807, 2.05) is 0 Å². The van der Waals surface area contributed by atoms with E-state index >= 15 is 0 Å². The first-order valence-electron chi connectivity index (χ1n) is 7.98. The summed E-state index contributed by atoms with van der Waals surface area (Å²) < 4.78 is 7.31. The predicted molar refractivity (Wildman–Crippen MR) is 94.9 cm³/mol. The highest BCUT2D eigenvalue weighted by atomic mass is 32.2. The summed E-state index contributed by atoms with van der Waals surface area (Å²) in [6.45, 7) is 0.